The summed E-state index contributed by atoms with van der Waals surface area (Å²) in [5.74, 6) is -0.240. The molecule has 1 heterocycles. The van der Waals surface area contributed by atoms with E-state index in [-0.39, 0.29) is 11.8 Å². The predicted molar refractivity (Wildman–Crippen MR) is 69.0 cm³/mol. The van der Waals surface area contributed by atoms with E-state index in [0.29, 0.717) is 0 Å². The highest BCUT2D eigenvalue weighted by molar-refractivity contribution is 5.43. The number of hydrogen-bond donors (Lipinski definition) is 2. The molecule has 0 radical (unpaired) electrons. The van der Waals surface area contributed by atoms with Gasteiger partial charge in [0.15, 0.2) is 0 Å². The zero-order valence-electron chi connectivity index (χ0n) is 10.1. The molecule has 18 heavy (non-hydrogen) atoms. The van der Waals surface area contributed by atoms with Crippen molar-refractivity contribution in [1.82, 2.24) is 4.98 Å². The van der Waals surface area contributed by atoms with Crippen molar-refractivity contribution in [1.29, 1.82) is 0 Å². The number of phenols is 1. The number of anilines is 1. The SMILES string of the molecule is CCC(Nc1ccc(F)nc1)c1ccc(O)cc1. The number of nitrogens with one attached hydrogen (secondary N) is 1. The maximum atomic E-state index is 12.7. The van der Waals surface area contributed by atoms with E-state index in [9.17, 15) is 9.50 Å². The molecular weight excluding hydrogens is 231 g/mol. The Kier molecular flexibility index (Phi) is 3.77. The maximum absolute atomic E-state index is 12.7. The molecule has 2 N–H and O–H groups in total. The molecule has 1 unspecified atom stereocenters. The molecule has 0 spiro atoms. The number of pyridine rings is 1. The van der Waals surface area contributed by atoms with Crippen molar-refractivity contribution < 1.29 is 9.50 Å². The first-order valence-electron chi connectivity index (χ1n) is 5.86. The van der Waals surface area contributed by atoms with Crippen LogP contribution in [-0.4, -0.2) is 10.1 Å². The van der Waals surface area contributed by atoms with Gasteiger partial charge in [-0.1, -0.05) is 19.1 Å². The van der Waals surface area contributed by atoms with Gasteiger partial charge < -0.3 is 10.4 Å². The lowest BCUT2D eigenvalue weighted by molar-refractivity contribution is 0.475. The van der Waals surface area contributed by atoms with Crippen LogP contribution in [0.15, 0.2) is 42.6 Å². The first-order valence-corrected chi connectivity index (χ1v) is 5.86. The van der Waals surface area contributed by atoms with Gasteiger partial charge in [0.05, 0.1) is 17.9 Å². The van der Waals surface area contributed by atoms with Gasteiger partial charge in [-0.2, -0.15) is 4.39 Å². The molecule has 0 fully saturated rings. The Morgan fingerprint density at radius 3 is 2.50 bits per heavy atom. The minimum Gasteiger partial charge on any atom is -0.508 e. The molecule has 0 saturated carbocycles. The average molecular weight is 246 g/mol. The fraction of sp³-hybridized carbons (Fsp3) is 0.214. The zero-order chi connectivity index (χ0) is 13.0. The minimum absolute atomic E-state index is 0.109. The summed E-state index contributed by atoms with van der Waals surface area (Å²) in [7, 11) is 0. The van der Waals surface area contributed by atoms with E-state index in [2.05, 4.69) is 17.2 Å². The third kappa shape index (κ3) is 2.97. The number of phenolic OH excluding ortho intramolecular Hbond substituents is 1. The van der Waals surface area contributed by atoms with E-state index >= 15 is 0 Å². The normalized spacial score (nSPS) is 12.1. The fourth-order valence-corrected chi connectivity index (χ4v) is 1.79. The van der Waals surface area contributed by atoms with Gasteiger partial charge in [-0.3, -0.25) is 0 Å². The molecule has 1 aromatic carbocycles. The van der Waals surface area contributed by atoms with E-state index in [1.54, 1.807) is 18.2 Å². The second-order valence-electron chi connectivity index (χ2n) is 4.07. The Hall–Kier alpha value is -2.10. The van der Waals surface area contributed by atoms with E-state index < -0.39 is 5.95 Å². The Balaban J connectivity index is 2.14. The number of aromatic hydroxyl groups is 1. The van der Waals surface area contributed by atoms with Crippen LogP contribution in [0.4, 0.5) is 10.1 Å². The van der Waals surface area contributed by atoms with Crippen LogP contribution in [-0.2, 0) is 0 Å². The minimum atomic E-state index is -0.488. The summed E-state index contributed by atoms with van der Waals surface area (Å²) in [5, 5.41) is 12.5. The largest absolute Gasteiger partial charge is 0.508 e. The summed E-state index contributed by atoms with van der Waals surface area (Å²) < 4.78 is 12.7. The van der Waals surface area contributed by atoms with Gasteiger partial charge in [0, 0.05) is 0 Å². The molecule has 94 valence electrons. The van der Waals surface area contributed by atoms with Gasteiger partial charge in [0.1, 0.15) is 5.75 Å². The molecule has 0 aliphatic rings. The number of nitrogens with zero attached hydrogens (tertiary/aromatic N) is 1. The van der Waals surface area contributed by atoms with E-state index in [0.717, 1.165) is 17.7 Å². The summed E-state index contributed by atoms with van der Waals surface area (Å²) in [4.78, 5) is 3.61. The van der Waals surface area contributed by atoms with Gasteiger partial charge >= 0.3 is 0 Å². The highest BCUT2D eigenvalue weighted by atomic mass is 19.1. The van der Waals surface area contributed by atoms with Crippen LogP contribution in [0, 0.1) is 5.95 Å². The zero-order valence-corrected chi connectivity index (χ0v) is 10.1. The lowest BCUT2D eigenvalue weighted by Gasteiger charge is -2.18. The van der Waals surface area contributed by atoms with Gasteiger partial charge in [-0.25, -0.2) is 4.98 Å². The highest BCUT2D eigenvalue weighted by Crippen LogP contribution is 2.23. The van der Waals surface area contributed by atoms with Crippen LogP contribution < -0.4 is 5.32 Å². The summed E-state index contributed by atoms with van der Waals surface area (Å²) >= 11 is 0. The molecule has 4 heteroatoms. The summed E-state index contributed by atoms with van der Waals surface area (Å²) in [6.07, 6.45) is 2.35. The molecule has 0 bridgehead atoms. The molecule has 0 aliphatic heterocycles. The number of benzene rings is 1. The Morgan fingerprint density at radius 2 is 1.94 bits per heavy atom. The van der Waals surface area contributed by atoms with Crippen molar-refractivity contribution in [2.75, 3.05) is 5.32 Å². The summed E-state index contributed by atoms with van der Waals surface area (Å²) in [6, 6.07) is 10.1. The quantitative estimate of drug-likeness (QED) is 0.812. The summed E-state index contributed by atoms with van der Waals surface area (Å²) in [6.45, 7) is 2.06. The van der Waals surface area contributed by atoms with Crippen molar-refractivity contribution in [2.45, 2.75) is 19.4 Å². The first kappa shape index (κ1) is 12.4. The fourth-order valence-electron chi connectivity index (χ4n) is 1.79. The maximum Gasteiger partial charge on any atom is 0.212 e. The summed E-state index contributed by atoms with van der Waals surface area (Å²) in [5.41, 5.74) is 1.84. The number of halogens is 1. The monoisotopic (exact) mass is 246 g/mol. The third-order valence-electron chi connectivity index (χ3n) is 2.77. The third-order valence-corrected chi connectivity index (χ3v) is 2.77. The van der Waals surface area contributed by atoms with Crippen molar-refractivity contribution in [3.05, 3.63) is 54.1 Å². The van der Waals surface area contributed by atoms with Gasteiger partial charge in [-0.05, 0) is 36.2 Å². The molecule has 0 aliphatic carbocycles. The Morgan fingerprint density at radius 1 is 1.22 bits per heavy atom. The molecule has 0 saturated heterocycles. The lowest BCUT2D eigenvalue weighted by atomic mass is 10.0. The van der Waals surface area contributed by atoms with Gasteiger partial charge in [0.2, 0.25) is 5.95 Å². The number of hydrogen-bond acceptors (Lipinski definition) is 3. The van der Waals surface area contributed by atoms with Crippen molar-refractivity contribution in [2.24, 2.45) is 0 Å². The van der Waals surface area contributed by atoms with Crippen LogP contribution >= 0.6 is 0 Å². The standard InChI is InChI=1S/C14H15FN2O/c1-2-13(10-3-6-12(18)7-4-10)17-11-5-8-14(15)16-9-11/h3-9,13,17-18H,2H2,1H3. The molecule has 1 atom stereocenters. The van der Waals surface area contributed by atoms with Gasteiger partial charge in [-0.15, -0.1) is 0 Å². The molecule has 1 aromatic heterocycles. The molecule has 3 nitrogen and oxygen atoms in total. The second-order valence-corrected chi connectivity index (χ2v) is 4.07. The van der Waals surface area contributed by atoms with Gasteiger partial charge in [0.25, 0.3) is 0 Å². The molecule has 0 amide bonds. The smallest absolute Gasteiger partial charge is 0.212 e. The predicted octanol–water partition coefficient (Wildman–Crippen LogP) is 3.49. The van der Waals surface area contributed by atoms with Crippen molar-refractivity contribution >= 4 is 5.69 Å². The van der Waals surface area contributed by atoms with Crippen LogP contribution in [0.3, 0.4) is 0 Å². The average Bonchev–Trinajstić information content (AvgIpc) is 2.39. The van der Waals surface area contributed by atoms with E-state index in [4.69, 9.17) is 0 Å². The Labute approximate surface area is 105 Å². The highest BCUT2D eigenvalue weighted by Gasteiger charge is 2.09. The van der Waals surface area contributed by atoms with Crippen LogP contribution in [0.25, 0.3) is 0 Å². The number of rotatable bonds is 4. The van der Waals surface area contributed by atoms with Crippen LogP contribution in [0.2, 0.25) is 0 Å². The topological polar surface area (TPSA) is 45.2 Å². The van der Waals surface area contributed by atoms with E-state index in [1.807, 2.05) is 12.1 Å². The number of aromatic nitrogens is 1. The van der Waals surface area contributed by atoms with Crippen LogP contribution in [0.5, 0.6) is 5.75 Å². The molecule has 2 aromatic rings. The molecule has 2 rings (SSSR count). The lowest BCUT2D eigenvalue weighted by Crippen LogP contribution is -2.09. The van der Waals surface area contributed by atoms with E-state index in [1.165, 1.54) is 12.3 Å². The second kappa shape index (κ2) is 5.49. The Bertz CT molecular complexity index is 496. The van der Waals surface area contributed by atoms with Crippen molar-refractivity contribution in [3.63, 3.8) is 0 Å². The molecular formula is C14H15FN2O. The van der Waals surface area contributed by atoms with Crippen LogP contribution in [0.1, 0.15) is 24.9 Å². The first-order chi connectivity index (χ1) is 8.69. The van der Waals surface area contributed by atoms with Crippen molar-refractivity contribution in [3.8, 4) is 5.75 Å².